The minimum absolute atomic E-state index is 0. The highest BCUT2D eigenvalue weighted by molar-refractivity contribution is 14.0. The summed E-state index contributed by atoms with van der Waals surface area (Å²) in [5.74, 6) is 1.26. The first kappa shape index (κ1) is 22.8. The molecule has 0 fully saturated rings. The summed E-state index contributed by atoms with van der Waals surface area (Å²) < 4.78 is 41.9. The molecule has 1 rings (SSSR count). The summed E-state index contributed by atoms with van der Waals surface area (Å²) in [5, 5.41) is 5.64. The molecule has 24 heavy (non-hydrogen) atoms. The average molecular weight is 459 g/mol. The van der Waals surface area contributed by atoms with Crippen molar-refractivity contribution in [3.63, 3.8) is 0 Å². The van der Waals surface area contributed by atoms with Crippen LogP contribution < -0.4 is 15.4 Å². The number of benzene rings is 1. The summed E-state index contributed by atoms with van der Waals surface area (Å²) >= 11 is 0. The molecule has 8 heteroatoms. The fourth-order valence-electron chi connectivity index (χ4n) is 2.06. The summed E-state index contributed by atoms with van der Waals surface area (Å²) in [6, 6.07) is 7.65. The standard InChI is InChI=1S/C16H24F3N3O.HI/c1-4-20-15(21-10-9-16(17,18)19)22-11-12(2)13-7-5-6-8-14(13)23-3;/h5-8,12H,4,9-11H2,1-3H3,(H2,20,21,22);1H. The molecule has 0 aliphatic heterocycles. The second-order valence-electron chi connectivity index (χ2n) is 5.15. The van der Waals surface area contributed by atoms with Crippen molar-refractivity contribution in [1.29, 1.82) is 0 Å². The Bertz CT molecular complexity index is 510. The van der Waals surface area contributed by atoms with Gasteiger partial charge < -0.3 is 15.4 Å². The van der Waals surface area contributed by atoms with Gasteiger partial charge in [-0.3, -0.25) is 4.99 Å². The van der Waals surface area contributed by atoms with E-state index >= 15 is 0 Å². The number of hydrogen-bond acceptors (Lipinski definition) is 2. The number of aliphatic imine (C=N–C) groups is 1. The Morgan fingerprint density at radius 3 is 2.50 bits per heavy atom. The molecular formula is C16H25F3IN3O. The smallest absolute Gasteiger partial charge is 0.390 e. The van der Waals surface area contributed by atoms with Crippen LogP contribution in [0, 0.1) is 0 Å². The number of hydrogen-bond donors (Lipinski definition) is 2. The summed E-state index contributed by atoms with van der Waals surface area (Å²) in [7, 11) is 1.61. The normalized spacial score (nSPS) is 13.0. The van der Waals surface area contributed by atoms with Gasteiger partial charge in [-0.2, -0.15) is 13.2 Å². The number of nitrogens with one attached hydrogen (secondary N) is 2. The quantitative estimate of drug-likeness (QED) is 0.369. The van der Waals surface area contributed by atoms with E-state index in [0.717, 1.165) is 11.3 Å². The molecule has 2 N–H and O–H groups in total. The SMILES string of the molecule is CCNC(=NCC(C)c1ccccc1OC)NCCC(F)(F)F.I. The number of halogens is 4. The van der Waals surface area contributed by atoms with E-state index in [1.807, 2.05) is 38.1 Å². The first-order chi connectivity index (χ1) is 10.9. The molecule has 0 saturated heterocycles. The zero-order valence-corrected chi connectivity index (χ0v) is 16.4. The third-order valence-electron chi connectivity index (χ3n) is 3.24. The molecule has 0 saturated carbocycles. The molecule has 138 valence electrons. The highest BCUT2D eigenvalue weighted by Crippen LogP contribution is 2.26. The van der Waals surface area contributed by atoms with E-state index in [1.165, 1.54) is 0 Å². The van der Waals surface area contributed by atoms with Gasteiger partial charge in [-0.15, -0.1) is 24.0 Å². The van der Waals surface area contributed by atoms with Crippen LogP contribution in [0.1, 0.15) is 31.7 Å². The first-order valence-corrected chi connectivity index (χ1v) is 7.59. The van der Waals surface area contributed by atoms with Crippen molar-refractivity contribution in [2.75, 3.05) is 26.7 Å². The number of ether oxygens (including phenoxy) is 1. The van der Waals surface area contributed by atoms with Gasteiger partial charge >= 0.3 is 6.18 Å². The van der Waals surface area contributed by atoms with E-state index in [9.17, 15) is 13.2 Å². The summed E-state index contributed by atoms with van der Waals surface area (Å²) in [5.41, 5.74) is 1.02. The maximum atomic E-state index is 12.2. The molecule has 1 aromatic rings. The molecule has 0 aliphatic carbocycles. The van der Waals surface area contributed by atoms with E-state index in [2.05, 4.69) is 15.6 Å². The predicted octanol–water partition coefficient (Wildman–Crippen LogP) is 3.92. The number of guanidine groups is 1. The molecule has 1 atom stereocenters. The topological polar surface area (TPSA) is 45.7 Å². The van der Waals surface area contributed by atoms with Crippen molar-refractivity contribution < 1.29 is 17.9 Å². The summed E-state index contributed by atoms with van der Waals surface area (Å²) in [4.78, 5) is 4.36. The molecule has 1 unspecified atom stereocenters. The van der Waals surface area contributed by atoms with Gasteiger partial charge in [-0.25, -0.2) is 0 Å². The van der Waals surface area contributed by atoms with E-state index < -0.39 is 12.6 Å². The van der Waals surface area contributed by atoms with Crippen molar-refractivity contribution in [2.45, 2.75) is 32.4 Å². The second kappa shape index (κ2) is 11.4. The maximum Gasteiger partial charge on any atom is 0.390 e. The van der Waals surface area contributed by atoms with Crippen molar-refractivity contribution in [2.24, 2.45) is 4.99 Å². The predicted molar refractivity (Wildman–Crippen MR) is 101 cm³/mol. The molecule has 0 heterocycles. The van der Waals surface area contributed by atoms with Gasteiger partial charge in [0.15, 0.2) is 5.96 Å². The highest BCUT2D eigenvalue weighted by Gasteiger charge is 2.26. The highest BCUT2D eigenvalue weighted by atomic mass is 127. The van der Waals surface area contributed by atoms with Gasteiger partial charge in [0.25, 0.3) is 0 Å². The minimum atomic E-state index is -4.17. The first-order valence-electron chi connectivity index (χ1n) is 7.59. The van der Waals surface area contributed by atoms with Gasteiger partial charge in [0, 0.05) is 25.6 Å². The lowest BCUT2D eigenvalue weighted by Crippen LogP contribution is -2.39. The van der Waals surface area contributed by atoms with E-state index in [0.29, 0.717) is 19.0 Å². The van der Waals surface area contributed by atoms with Crippen molar-refractivity contribution in [3.8, 4) is 5.75 Å². The average Bonchev–Trinajstić information content (AvgIpc) is 2.51. The van der Waals surface area contributed by atoms with Crippen LogP contribution in [0.25, 0.3) is 0 Å². The largest absolute Gasteiger partial charge is 0.496 e. The van der Waals surface area contributed by atoms with Crippen molar-refractivity contribution >= 4 is 29.9 Å². The lowest BCUT2D eigenvalue weighted by atomic mass is 10.0. The van der Waals surface area contributed by atoms with Gasteiger partial charge in [0.1, 0.15) is 5.75 Å². The number of methoxy groups -OCH3 is 1. The molecule has 0 aromatic heterocycles. The molecule has 4 nitrogen and oxygen atoms in total. The third-order valence-corrected chi connectivity index (χ3v) is 3.24. The Kier molecular flexibility index (Phi) is 10.8. The Hall–Kier alpha value is -1.19. The van der Waals surface area contributed by atoms with Crippen LogP contribution in [0.2, 0.25) is 0 Å². The monoisotopic (exact) mass is 459 g/mol. The van der Waals surface area contributed by atoms with Crippen LogP contribution in [-0.4, -0.2) is 38.9 Å². The van der Waals surface area contributed by atoms with Gasteiger partial charge in [0.2, 0.25) is 0 Å². The summed E-state index contributed by atoms with van der Waals surface area (Å²) in [6.07, 6.45) is -5.06. The number of alkyl halides is 3. The molecule has 0 radical (unpaired) electrons. The number of rotatable bonds is 7. The van der Waals surface area contributed by atoms with Crippen molar-refractivity contribution in [3.05, 3.63) is 29.8 Å². The molecule has 0 aliphatic rings. The van der Waals surface area contributed by atoms with E-state index in [4.69, 9.17) is 4.74 Å². The van der Waals surface area contributed by atoms with Crippen LogP contribution in [0.4, 0.5) is 13.2 Å². The lowest BCUT2D eigenvalue weighted by molar-refractivity contribution is -0.132. The number of nitrogens with zero attached hydrogens (tertiary/aromatic N) is 1. The second-order valence-corrected chi connectivity index (χ2v) is 5.15. The Morgan fingerprint density at radius 2 is 1.92 bits per heavy atom. The van der Waals surface area contributed by atoms with E-state index in [-0.39, 0.29) is 36.4 Å². The summed E-state index contributed by atoms with van der Waals surface area (Å²) in [6.45, 7) is 4.70. The maximum absolute atomic E-state index is 12.2. The van der Waals surface area contributed by atoms with Gasteiger partial charge in [0.05, 0.1) is 13.5 Å². The molecule has 0 amide bonds. The molecular weight excluding hydrogens is 434 g/mol. The lowest BCUT2D eigenvalue weighted by Gasteiger charge is -2.16. The minimum Gasteiger partial charge on any atom is -0.496 e. The number of para-hydroxylation sites is 1. The van der Waals surface area contributed by atoms with Crippen LogP contribution in [-0.2, 0) is 0 Å². The zero-order valence-electron chi connectivity index (χ0n) is 14.1. The van der Waals surface area contributed by atoms with Crippen LogP contribution in [0.15, 0.2) is 29.3 Å². The zero-order chi connectivity index (χ0) is 17.3. The van der Waals surface area contributed by atoms with E-state index in [1.54, 1.807) is 7.11 Å². The van der Waals surface area contributed by atoms with Crippen LogP contribution in [0.3, 0.4) is 0 Å². The fourth-order valence-corrected chi connectivity index (χ4v) is 2.06. The Morgan fingerprint density at radius 1 is 1.25 bits per heavy atom. The fraction of sp³-hybridized carbons (Fsp3) is 0.562. The van der Waals surface area contributed by atoms with Crippen LogP contribution in [0.5, 0.6) is 5.75 Å². The van der Waals surface area contributed by atoms with Gasteiger partial charge in [-0.05, 0) is 18.6 Å². The van der Waals surface area contributed by atoms with Crippen LogP contribution >= 0.6 is 24.0 Å². The molecule has 0 spiro atoms. The Balaban J connectivity index is 0.00000529. The Labute approximate surface area is 158 Å². The third kappa shape index (κ3) is 8.60. The van der Waals surface area contributed by atoms with Gasteiger partial charge in [-0.1, -0.05) is 25.1 Å². The molecule has 0 bridgehead atoms. The molecule has 1 aromatic carbocycles. The van der Waals surface area contributed by atoms with Crippen molar-refractivity contribution in [1.82, 2.24) is 10.6 Å².